The van der Waals surface area contributed by atoms with Crippen molar-refractivity contribution in [2.24, 2.45) is 0 Å². The second-order valence-electron chi connectivity index (χ2n) is 7.05. The lowest BCUT2D eigenvalue weighted by atomic mass is 9.86. The van der Waals surface area contributed by atoms with E-state index in [2.05, 4.69) is 29.4 Å². The number of piperazine rings is 1. The molecule has 0 aliphatic carbocycles. The lowest BCUT2D eigenvalue weighted by Crippen LogP contribution is -2.62. The highest BCUT2D eigenvalue weighted by atomic mass is 16.2. The van der Waals surface area contributed by atoms with E-state index in [0.717, 1.165) is 38.9 Å². The SMILES string of the molecule is CN1CCN(C(=O)CCc2ccccc2)CC12CCNC(=O)CC2. The zero-order valence-corrected chi connectivity index (χ0v) is 14.5. The molecular weight excluding hydrogens is 302 g/mol. The van der Waals surface area contributed by atoms with Crippen molar-refractivity contribution in [3.8, 4) is 0 Å². The highest BCUT2D eigenvalue weighted by Gasteiger charge is 2.41. The minimum atomic E-state index is -0.0557. The summed E-state index contributed by atoms with van der Waals surface area (Å²) in [5.74, 6) is 0.364. The van der Waals surface area contributed by atoms with E-state index in [1.807, 2.05) is 23.1 Å². The van der Waals surface area contributed by atoms with Gasteiger partial charge in [0.1, 0.15) is 0 Å². The molecule has 2 amide bonds. The van der Waals surface area contributed by atoms with Crippen molar-refractivity contribution in [1.29, 1.82) is 0 Å². The number of carbonyl (C=O) groups excluding carboxylic acids is 2. The minimum absolute atomic E-state index is 0.0557. The molecule has 130 valence electrons. The van der Waals surface area contributed by atoms with E-state index < -0.39 is 0 Å². The molecular formula is C19H27N3O2. The first-order valence-electron chi connectivity index (χ1n) is 8.89. The van der Waals surface area contributed by atoms with E-state index in [9.17, 15) is 9.59 Å². The third-order valence-electron chi connectivity index (χ3n) is 5.55. The van der Waals surface area contributed by atoms with Crippen molar-refractivity contribution in [2.75, 3.05) is 33.2 Å². The highest BCUT2D eigenvalue weighted by molar-refractivity contribution is 5.77. The van der Waals surface area contributed by atoms with Crippen LogP contribution in [0.5, 0.6) is 0 Å². The van der Waals surface area contributed by atoms with Crippen molar-refractivity contribution in [2.45, 2.75) is 37.6 Å². The van der Waals surface area contributed by atoms with E-state index in [1.54, 1.807) is 0 Å². The Labute approximate surface area is 144 Å². The number of hydrogen-bond acceptors (Lipinski definition) is 3. The van der Waals surface area contributed by atoms with Crippen LogP contribution >= 0.6 is 0 Å². The Morgan fingerprint density at radius 3 is 2.79 bits per heavy atom. The number of likely N-dealkylation sites (N-methyl/N-ethyl adjacent to an activating group) is 1. The molecule has 1 aromatic carbocycles. The summed E-state index contributed by atoms with van der Waals surface area (Å²) in [5, 5.41) is 2.96. The maximum Gasteiger partial charge on any atom is 0.223 e. The molecule has 2 aliphatic heterocycles. The van der Waals surface area contributed by atoms with Gasteiger partial charge in [0.25, 0.3) is 0 Å². The van der Waals surface area contributed by atoms with Gasteiger partial charge in [0, 0.05) is 44.6 Å². The van der Waals surface area contributed by atoms with Crippen LogP contribution in [0.2, 0.25) is 0 Å². The fraction of sp³-hybridized carbons (Fsp3) is 0.579. The van der Waals surface area contributed by atoms with Gasteiger partial charge in [-0.2, -0.15) is 0 Å². The molecule has 2 heterocycles. The molecule has 2 aliphatic rings. The lowest BCUT2D eigenvalue weighted by Gasteiger charge is -2.49. The number of benzene rings is 1. The van der Waals surface area contributed by atoms with Crippen molar-refractivity contribution in [3.05, 3.63) is 35.9 Å². The normalized spacial score (nSPS) is 25.4. The van der Waals surface area contributed by atoms with Gasteiger partial charge in [-0.1, -0.05) is 30.3 Å². The molecule has 2 saturated heterocycles. The van der Waals surface area contributed by atoms with Gasteiger partial charge in [-0.25, -0.2) is 0 Å². The Morgan fingerprint density at radius 1 is 1.21 bits per heavy atom. The summed E-state index contributed by atoms with van der Waals surface area (Å²) in [5.41, 5.74) is 1.15. The van der Waals surface area contributed by atoms with Crippen molar-refractivity contribution in [3.63, 3.8) is 0 Å². The molecule has 5 nitrogen and oxygen atoms in total. The Morgan fingerprint density at radius 2 is 2.00 bits per heavy atom. The first-order valence-corrected chi connectivity index (χ1v) is 8.89. The van der Waals surface area contributed by atoms with Crippen LogP contribution in [-0.4, -0.2) is 60.4 Å². The fourth-order valence-corrected chi connectivity index (χ4v) is 3.86. The average Bonchev–Trinajstić information content (AvgIpc) is 2.79. The summed E-state index contributed by atoms with van der Waals surface area (Å²) in [6.45, 7) is 3.11. The number of rotatable bonds is 3. The average molecular weight is 329 g/mol. The molecule has 0 aromatic heterocycles. The smallest absolute Gasteiger partial charge is 0.223 e. The fourth-order valence-electron chi connectivity index (χ4n) is 3.86. The number of hydrogen-bond donors (Lipinski definition) is 1. The van der Waals surface area contributed by atoms with Crippen molar-refractivity contribution < 1.29 is 9.59 Å². The third kappa shape index (κ3) is 3.78. The number of carbonyl (C=O) groups is 2. The van der Waals surface area contributed by atoms with Gasteiger partial charge in [0.15, 0.2) is 0 Å². The molecule has 0 saturated carbocycles. The molecule has 5 heteroatoms. The van der Waals surface area contributed by atoms with E-state index in [-0.39, 0.29) is 17.4 Å². The van der Waals surface area contributed by atoms with E-state index in [0.29, 0.717) is 19.4 Å². The maximum absolute atomic E-state index is 12.7. The van der Waals surface area contributed by atoms with Crippen LogP contribution in [0.25, 0.3) is 0 Å². The molecule has 24 heavy (non-hydrogen) atoms. The van der Waals surface area contributed by atoms with Crippen LogP contribution < -0.4 is 5.32 Å². The predicted molar refractivity (Wildman–Crippen MR) is 93.6 cm³/mol. The van der Waals surface area contributed by atoms with Crippen molar-refractivity contribution in [1.82, 2.24) is 15.1 Å². The summed E-state index contributed by atoms with van der Waals surface area (Å²) in [6, 6.07) is 10.2. The third-order valence-corrected chi connectivity index (χ3v) is 5.55. The quantitative estimate of drug-likeness (QED) is 0.913. The van der Waals surface area contributed by atoms with Crippen molar-refractivity contribution >= 4 is 11.8 Å². The van der Waals surface area contributed by atoms with Crippen LogP contribution in [-0.2, 0) is 16.0 Å². The Kier molecular flexibility index (Phi) is 5.19. The zero-order chi connectivity index (χ0) is 17.0. The second-order valence-corrected chi connectivity index (χ2v) is 7.05. The zero-order valence-electron chi connectivity index (χ0n) is 14.5. The maximum atomic E-state index is 12.7. The summed E-state index contributed by atoms with van der Waals surface area (Å²) in [6.07, 6.45) is 3.64. The number of nitrogens with one attached hydrogen (secondary N) is 1. The van der Waals surface area contributed by atoms with Crippen LogP contribution in [0, 0.1) is 0 Å². The molecule has 1 atom stereocenters. The molecule has 1 N–H and O–H groups in total. The van der Waals surface area contributed by atoms with Gasteiger partial charge < -0.3 is 10.2 Å². The summed E-state index contributed by atoms with van der Waals surface area (Å²) in [7, 11) is 2.13. The summed E-state index contributed by atoms with van der Waals surface area (Å²) in [4.78, 5) is 28.7. The molecule has 2 fully saturated rings. The first-order chi connectivity index (χ1) is 11.6. The van der Waals surface area contributed by atoms with Crippen LogP contribution in [0.4, 0.5) is 0 Å². The number of aryl methyl sites for hydroxylation is 1. The number of amides is 2. The predicted octanol–water partition coefficient (Wildman–Crippen LogP) is 1.43. The van der Waals surface area contributed by atoms with Gasteiger partial charge in [-0.15, -0.1) is 0 Å². The minimum Gasteiger partial charge on any atom is -0.356 e. The van der Waals surface area contributed by atoms with E-state index in [4.69, 9.17) is 0 Å². The summed E-state index contributed by atoms with van der Waals surface area (Å²) < 4.78 is 0. The molecule has 3 rings (SSSR count). The first kappa shape index (κ1) is 17.0. The van der Waals surface area contributed by atoms with Crippen LogP contribution in [0.1, 0.15) is 31.2 Å². The molecule has 1 spiro atoms. The molecule has 0 radical (unpaired) electrons. The summed E-state index contributed by atoms with van der Waals surface area (Å²) >= 11 is 0. The highest BCUT2D eigenvalue weighted by Crippen LogP contribution is 2.30. The number of nitrogens with zero attached hydrogens (tertiary/aromatic N) is 2. The van der Waals surface area contributed by atoms with Gasteiger partial charge in [-0.05, 0) is 31.9 Å². The second kappa shape index (κ2) is 7.34. The van der Waals surface area contributed by atoms with Gasteiger partial charge in [-0.3, -0.25) is 14.5 Å². The van der Waals surface area contributed by atoms with Gasteiger partial charge in [0.05, 0.1) is 0 Å². The van der Waals surface area contributed by atoms with Crippen LogP contribution in [0.3, 0.4) is 0 Å². The lowest BCUT2D eigenvalue weighted by molar-refractivity contribution is -0.136. The standard InChI is InChI=1S/C19H27N3O2/c1-21-13-14-22(15-19(21)10-9-17(23)20-12-11-19)18(24)8-7-16-5-3-2-4-6-16/h2-6H,7-15H2,1H3,(H,20,23). The topological polar surface area (TPSA) is 52.6 Å². The largest absolute Gasteiger partial charge is 0.356 e. The van der Waals surface area contributed by atoms with E-state index in [1.165, 1.54) is 5.56 Å². The van der Waals surface area contributed by atoms with E-state index >= 15 is 0 Å². The Hall–Kier alpha value is -1.88. The Balaban J connectivity index is 1.62. The molecule has 0 bridgehead atoms. The van der Waals surface area contributed by atoms with Gasteiger partial charge in [0.2, 0.25) is 11.8 Å². The molecule has 1 aromatic rings. The monoisotopic (exact) mass is 329 g/mol. The Bertz CT molecular complexity index is 590. The van der Waals surface area contributed by atoms with Crippen LogP contribution in [0.15, 0.2) is 30.3 Å². The van der Waals surface area contributed by atoms with Gasteiger partial charge >= 0.3 is 0 Å². The molecule has 1 unspecified atom stereocenters.